The number of hydrogen-bond donors (Lipinski definition) is 1. The van der Waals surface area contributed by atoms with Gasteiger partial charge in [-0.2, -0.15) is 0 Å². The van der Waals surface area contributed by atoms with Crippen LogP contribution in [0.2, 0.25) is 0 Å². The Balaban J connectivity index is 1.41. The number of aromatic nitrogens is 3. The highest BCUT2D eigenvalue weighted by molar-refractivity contribution is 5.89. The molecule has 2 heterocycles. The van der Waals surface area contributed by atoms with Crippen LogP contribution in [-0.4, -0.2) is 38.8 Å². The minimum absolute atomic E-state index is 0.0261. The molecule has 2 amide bonds. The Labute approximate surface area is 141 Å². The Morgan fingerprint density at radius 1 is 1.21 bits per heavy atom. The molecule has 1 saturated heterocycles. The quantitative estimate of drug-likeness (QED) is 0.942. The SMILES string of the molecule is Cc1ccc(NC(=O)N2CCC(n3cnnc3C3CC3)C2)cc1C. The Morgan fingerprint density at radius 2 is 2.04 bits per heavy atom. The lowest BCUT2D eigenvalue weighted by Crippen LogP contribution is -2.33. The highest BCUT2D eigenvalue weighted by Crippen LogP contribution is 2.40. The summed E-state index contributed by atoms with van der Waals surface area (Å²) in [7, 11) is 0. The highest BCUT2D eigenvalue weighted by atomic mass is 16.2. The van der Waals surface area contributed by atoms with Crippen molar-refractivity contribution in [1.82, 2.24) is 19.7 Å². The van der Waals surface area contributed by atoms with Crippen molar-refractivity contribution in [2.45, 2.75) is 45.1 Å². The lowest BCUT2D eigenvalue weighted by atomic mass is 10.1. The Bertz CT molecular complexity index is 765. The van der Waals surface area contributed by atoms with E-state index in [0.717, 1.165) is 24.5 Å². The molecule has 2 fully saturated rings. The van der Waals surface area contributed by atoms with Crippen LogP contribution in [-0.2, 0) is 0 Å². The fraction of sp³-hybridized carbons (Fsp3) is 0.500. The normalized spacial score (nSPS) is 20.4. The maximum Gasteiger partial charge on any atom is 0.321 e. The van der Waals surface area contributed by atoms with Crippen molar-refractivity contribution in [3.63, 3.8) is 0 Å². The second kappa shape index (κ2) is 5.92. The average Bonchev–Trinajstić information content (AvgIpc) is 3.10. The molecule has 1 saturated carbocycles. The van der Waals surface area contributed by atoms with Gasteiger partial charge < -0.3 is 14.8 Å². The highest BCUT2D eigenvalue weighted by Gasteiger charge is 2.34. The number of rotatable bonds is 3. The van der Waals surface area contributed by atoms with Crippen molar-refractivity contribution >= 4 is 11.7 Å². The molecule has 2 aromatic rings. The molecule has 6 heteroatoms. The van der Waals surface area contributed by atoms with E-state index in [4.69, 9.17) is 0 Å². The summed E-state index contributed by atoms with van der Waals surface area (Å²) in [5.41, 5.74) is 3.27. The number of hydrogen-bond acceptors (Lipinski definition) is 3. The van der Waals surface area contributed by atoms with Gasteiger partial charge in [-0.15, -0.1) is 10.2 Å². The smallest absolute Gasteiger partial charge is 0.321 e. The molecule has 1 N–H and O–H groups in total. The summed E-state index contributed by atoms with van der Waals surface area (Å²) in [5, 5.41) is 11.4. The lowest BCUT2D eigenvalue weighted by Gasteiger charge is -2.19. The number of amides is 2. The first-order chi connectivity index (χ1) is 11.6. The third-order valence-electron chi connectivity index (χ3n) is 5.15. The summed E-state index contributed by atoms with van der Waals surface area (Å²) in [6, 6.07) is 6.28. The molecule has 1 aromatic heterocycles. The molecule has 1 aromatic carbocycles. The Hall–Kier alpha value is -2.37. The van der Waals surface area contributed by atoms with Crippen LogP contribution in [0.3, 0.4) is 0 Å². The van der Waals surface area contributed by atoms with E-state index >= 15 is 0 Å². The van der Waals surface area contributed by atoms with Gasteiger partial charge in [0.2, 0.25) is 0 Å². The number of nitrogens with zero attached hydrogens (tertiary/aromatic N) is 4. The van der Waals surface area contributed by atoms with E-state index < -0.39 is 0 Å². The van der Waals surface area contributed by atoms with Crippen molar-refractivity contribution in [3.05, 3.63) is 41.5 Å². The van der Waals surface area contributed by atoms with E-state index in [1.54, 1.807) is 0 Å². The molecule has 4 rings (SSSR count). The zero-order valence-corrected chi connectivity index (χ0v) is 14.2. The van der Waals surface area contributed by atoms with Crippen molar-refractivity contribution < 1.29 is 4.79 Å². The summed E-state index contributed by atoms with van der Waals surface area (Å²) in [5.74, 6) is 1.67. The molecule has 1 unspecified atom stereocenters. The predicted molar refractivity (Wildman–Crippen MR) is 92.2 cm³/mol. The van der Waals surface area contributed by atoms with Crippen LogP contribution in [0, 0.1) is 13.8 Å². The summed E-state index contributed by atoms with van der Waals surface area (Å²) in [4.78, 5) is 14.4. The Kier molecular flexibility index (Phi) is 3.75. The van der Waals surface area contributed by atoms with E-state index in [-0.39, 0.29) is 6.03 Å². The van der Waals surface area contributed by atoms with Gasteiger partial charge in [-0.3, -0.25) is 0 Å². The third kappa shape index (κ3) is 2.88. The summed E-state index contributed by atoms with van der Waals surface area (Å²) < 4.78 is 2.18. The first kappa shape index (κ1) is 15.2. The predicted octanol–water partition coefficient (Wildman–Crippen LogP) is 3.25. The fourth-order valence-corrected chi connectivity index (χ4v) is 3.34. The van der Waals surface area contributed by atoms with Crippen LogP contribution in [0.4, 0.5) is 10.5 Å². The first-order valence-electron chi connectivity index (χ1n) is 8.64. The van der Waals surface area contributed by atoms with Gasteiger partial charge in [-0.1, -0.05) is 6.07 Å². The molecule has 1 atom stereocenters. The van der Waals surface area contributed by atoms with Crippen LogP contribution in [0.5, 0.6) is 0 Å². The van der Waals surface area contributed by atoms with Gasteiger partial charge in [0.05, 0.1) is 6.04 Å². The zero-order chi connectivity index (χ0) is 16.7. The van der Waals surface area contributed by atoms with Crippen LogP contribution >= 0.6 is 0 Å². The second-order valence-corrected chi connectivity index (χ2v) is 6.99. The van der Waals surface area contributed by atoms with Gasteiger partial charge >= 0.3 is 6.03 Å². The first-order valence-corrected chi connectivity index (χ1v) is 8.64. The second-order valence-electron chi connectivity index (χ2n) is 6.99. The van der Waals surface area contributed by atoms with Gasteiger partial charge in [0.1, 0.15) is 12.2 Å². The standard InChI is InChI=1S/C18H23N5O/c1-12-3-6-15(9-13(12)2)20-18(24)22-8-7-16(10-22)23-11-19-21-17(23)14-4-5-14/h3,6,9,11,14,16H,4-5,7-8,10H2,1-2H3,(H,20,24). The van der Waals surface area contributed by atoms with Gasteiger partial charge in [-0.25, -0.2) is 4.79 Å². The van der Waals surface area contributed by atoms with Crippen LogP contribution < -0.4 is 5.32 Å². The number of aryl methyl sites for hydroxylation is 2. The van der Waals surface area contributed by atoms with E-state index in [1.165, 1.54) is 24.0 Å². The van der Waals surface area contributed by atoms with E-state index in [2.05, 4.69) is 33.9 Å². The van der Waals surface area contributed by atoms with Crippen molar-refractivity contribution in [1.29, 1.82) is 0 Å². The van der Waals surface area contributed by atoms with Gasteiger partial charge in [0, 0.05) is 24.7 Å². The Morgan fingerprint density at radius 3 is 2.79 bits per heavy atom. The van der Waals surface area contributed by atoms with Crippen LogP contribution in [0.25, 0.3) is 0 Å². The summed E-state index contributed by atoms with van der Waals surface area (Å²) in [6.45, 7) is 5.61. The largest absolute Gasteiger partial charge is 0.322 e. The summed E-state index contributed by atoms with van der Waals surface area (Å²) >= 11 is 0. The number of carbonyl (C=O) groups is 1. The van der Waals surface area contributed by atoms with Crippen molar-refractivity contribution in [3.8, 4) is 0 Å². The fourth-order valence-electron chi connectivity index (χ4n) is 3.34. The molecule has 0 bridgehead atoms. The van der Waals surface area contributed by atoms with Crippen molar-refractivity contribution in [2.75, 3.05) is 18.4 Å². The zero-order valence-electron chi connectivity index (χ0n) is 14.2. The van der Waals surface area contributed by atoms with Gasteiger partial charge in [0.15, 0.2) is 0 Å². The van der Waals surface area contributed by atoms with Gasteiger partial charge in [-0.05, 0) is 56.4 Å². The van der Waals surface area contributed by atoms with E-state index in [9.17, 15) is 4.79 Å². The maximum atomic E-state index is 12.5. The monoisotopic (exact) mass is 325 g/mol. The number of carbonyl (C=O) groups excluding carboxylic acids is 1. The van der Waals surface area contributed by atoms with Gasteiger partial charge in [0.25, 0.3) is 0 Å². The molecule has 0 spiro atoms. The number of likely N-dealkylation sites (tertiary alicyclic amines) is 1. The number of anilines is 1. The number of nitrogens with one attached hydrogen (secondary N) is 1. The molecule has 2 aliphatic rings. The molecular formula is C18H23N5O. The topological polar surface area (TPSA) is 63.1 Å². The molecule has 126 valence electrons. The van der Waals surface area contributed by atoms with Crippen LogP contribution in [0.15, 0.2) is 24.5 Å². The summed E-state index contributed by atoms with van der Waals surface area (Å²) in [6.07, 6.45) is 5.20. The molecular weight excluding hydrogens is 302 g/mol. The average molecular weight is 325 g/mol. The lowest BCUT2D eigenvalue weighted by molar-refractivity contribution is 0.221. The molecule has 24 heavy (non-hydrogen) atoms. The molecule has 1 aliphatic carbocycles. The molecule has 1 aliphatic heterocycles. The minimum Gasteiger partial charge on any atom is -0.322 e. The number of benzene rings is 1. The maximum absolute atomic E-state index is 12.5. The molecule has 0 radical (unpaired) electrons. The molecule has 6 nitrogen and oxygen atoms in total. The van der Waals surface area contributed by atoms with E-state index in [0.29, 0.717) is 18.5 Å². The minimum atomic E-state index is -0.0261. The van der Waals surface area contributed by atoms with Crippen LogP contribution in [0.1, 0.15) is 48.2 Å². The number of urea groups is 1. The van der Waals surface area contributed by atoms with E-state index in [1.807, 2.05) is 29.4 Å². The third-order valence-corrected chi connectivity index (χ3v) is 5.15. The van der Waals surface area contributed by atoms with Crippen molar-refractivity contribution in [2.24, 2.45) is 0 Å².